The number of hydrogen-bond acceptors (Lipinski definition) is 4. The Labute approximate surface area is 159 Å². The molecule has 0 radical (unpaired) electrons. The molecule has 1 aromatic carbocycles. The average molecular weight is 402 g/mol. The molecule has 26 heavy (non-hydrogen) atoms. The van der Waals surface area contributed by atoms with E-state index in [-0.39, 0.29) is 27.9 Å². The summed E-state index contributed by atoms with van der Waals surface area (Å²) >= 11 is 6.06. The van der Waals surface area contributed by atoms with Gasteiger partial charge < -0.3 is 10.6 Å². The van der Waals surface area contributed by atoms with Gasteiger partial charge in [0.15, 0.2) is 0 Å². The third-order valence-corrected chi connectivity index (χ3v) is 6.34. The lowest BCUT2D eigenvalue weighted by molar-refractivity contribution is -0.120. The van der Waals surface area contributed by atoms with Gasteiger partial charge in [-0.15, -0.1) is 0 Å². The van der Waals surface area contributed by atoms with Crippen LogP contribution in [0, 0.1) is 0 Å². The number of carbonyl (C=O) groups excluding carboxylic acids is 2. The molecule has 1 heterocycles. The van der Waals surface area contributed by atoms with Crippen molar-refractivity contribution in [2.24, 2.45) is 0 Å². The Morgan fingerprint density at radius 1 is 1.15 bits per heavy atom. The van der Waals surface area contributed by atoms with Crippen molar-refractivity contribution in [2.75, 3.05) is 26.2 Å². The molecule has 1 fully saturated rings. The maximum Gasteiger partial charge on any atom is 0.253 e. The van der Waals surface area contributed by atoms with E-state index in [0.29, 0.717) is 19.6 Å². The molecule has 0 bridgehead atoms. The predicted octanol–water partition coefficient (Wildman–Crippen LogP) is 1.77. The second-order valence-electron chi connectivity index (χ2n) is 6.14. The van der Waals surface area contributed by atoms with E-state index in [4.69, 9.17) is 11.6 Å². The smallest absolute Gasteiger partial charge is 0.253 e. The zero-order valence-electron chi connectivity index (χ0n) is 14.8. The quantitative estimate of drug-likeness (QED) is 0.727. The topological polar surface area (TPSA) is 95.6 Å². The molecule has 2 amide bonds. The summed E-state index contributed by atoms with van der Waals surface area (Å²) in [4.78, 5) is 23.9. The molecule has 144 valence electrons. The van der Waals surface area contributed by atoms with Crippen LogP contribution in [0.4, 0.5) is 0 Å². The van der Waals surface area contributed by atoms with Crippen LogP contribution in [0.15, 0.2) is 23.1 Å². The van der Waals surface area contributed by atoms with Gasteiger partial charge in [-0.25, -0.2) is 8.42 Å². The molecule has 0 aromatic heterocycles. The highest BCUT2D eigenvalue weighted by Crippen LogP contribution is 2.25. The van der Waals surface area contributed by atoms with Gasteiger partial charge >= 0.3 is 0 Å². The number of nitrogens with zero attached hydrogens (tertiary/aromatic N) is 1. The Balaban J connectivity index is 2.13. The van der Waals surface area contributed by atoms with Crippen LogP contribution < -0.4 is 10.6 Å². The lowest BCUT2D eigenvalue weighted by Gasteiger charge is -2.26. The van der Waals surface area contributed by atoms with Gasteiger partial charge in [0.05, 0.1) is 22.0 Å². The first kappa shape index (κ1) is 20.7. The average Bonchev–Trinajstić information content (AvgIpc) is 2.65. The summed E-state index contributed by atoms with van der Waals surface area (Å²) in [5, 5.41) is 5.24. The molecular weight excluding hydrogens is 378 g/mol. The fraction of sp³-hybridized carbons (Fsp3) is 0.529. The van der Waals surface area contributed by atoms with Gasteiger partial charge in [-0.1, -0.05) is 24.9 Å². The van der Waals surface area contributed by atoms with Crippen LogP contribution in [0.2, 0.25) is 5.02 Å². The molecular formula is C17H24ClN3O4S. The van der Waals surface area contributed by atoms with Crippen molar-refractivity contribution in [3.8, 4) is 0 Å². The highest BCUT2D eigenvalue weighted by atomic mass is 35.5. The maximum atomic E-state index is 12.7. The van der Waals surface area contributed by atoms with Crippen LogP contribution in [0.1, 0.15) is 43.0 Å². The van der Waals surface area contributed by atoms with Gasteiger partial charge in [0, 0.05) is 19.6 Å². The van der Waals surface area contributed by atoms with Crippen molar-refractivity contribution in [3.05, 3.63) is 28.8 Å². The molecule has 2 rings (SSSR count). The molecule has 1 aromatic rings. The first-order valence-corrected chi connectivity index (χ1v) is 10.5. The van der Waals surface area contributed by atoms with E-state index in [9.17, 15) is 18.0 Å². The minimum Gasteiger partial charge on any atom is -0.355 e. The van der Waals surface area contributed by atoms with E-state index in [1.807, 2.05) is 6.92 Å². The third-order valence-electron chi connectivity index (χ3n) is 4.12. The van der Waals surface area contributed by atoms with Gasteiger partial charge in [0.25, 0.3) is 5.91 Å². The first-order chi connectivity index (χ1) is 12.4. The lowest BCUT2D eigenvalue weighted by Crippen LogP contribution is -2.37. The molecule has 9 heteroatoms. The molecule has 0 saturated carbocycles. The normalized spacial score (nSPS) is 15.5. The van der Waals surface area contributed by atoms with E-state index in [2.05, 4.69) is 10.6 Å². The zero-order chi connectivity index (χ0) is 19.2. The molecule has 0 unspecified atom stereocenters. The molecule has 2 N–H and O–H groups in total. The molecule has 1 aliphatic heterocycles. The van der Waals surface area contributed by atoms with E-state index < -0.39 is 15.9 Å². The number of benzene rings is 1. The molecule has 1 aliphatic rings. The molecule has 0 aliphatic carbocycles. The highest BCUT2D eigenvalue weighted by Gasteiger charge is 2.27. The number of amides is 2. The summed E-state index contributed by atoms with van der Waals surface area (Å²) in [6.07, 6.45) is 3.46. The minimum absolute atomic E-state index is 0.0318. The number of piperidine rings is 1. The van der Waals surface area contributed by atoms with Crippen LogP contribution in [0.5, 0.6) is 0 Å². The van der Waals surface area contributed by atoms with E-state index >= 15 is 0 Å². The van der Waals surface area contributed by atoms with Gasteiger partial charge in [0.1, 0.15) is 0 Å². The van der Waals surface area contributed by atoms with Crippen molar-refractivity contribution < 1.29 is 18.0 Å². The Kier molecular flexibility index (Phi) is 7.43. The van der Waals surface area contributed by atoms with Gasteiger partial charge in [-0.05, 0) is 37.5 Å². The van der Waals surface area contributed by atoms with Crippen LogP contribution in [0.3, 0.4) is 0 Å². The monoisotopic (exact) mass is 401 g/mol. The van der Waals surface area contributed by atoms with Crippen LogP contribution >= 0.6 is 11.6 Å². The Hall–Kier alpha value is -1.64. The molecule has 7 nitrogen and oxygen atoms in total. The SMILES string of the molecule is CCCNC(=O)CNC(=O)c1cc(S(=O)(=O)N2CCCCC2)ccc1Cl. The van der Waals surface area contributed by atoms with Crippen molar-refractivity contribution >= 4 is 33.4 Å². The molecule has 1 saturated heterocycles. The largest absolute Gasteiger partial charge is 0.355 e. The summed E-state index contributed by atoms with van der Waals surface area (Å²) in [7, 11) is -3.66. The fourth-order valence-corrected chi connectivity index (χ4v) is 4.42. The number of sulfonamides is 1. The van der Waals surface area contributed by atoms with Crippen molar-refractivity contribution in [2.45, 2.75) is 37.5 Å². The summed E-state index contributed by atoms with van der Waals surface area (Å²) in [5.74, 6) is -0.897. The number of halogens is 1. The van der Waals surface area contributed by atoms with E-state index in [0.717, 1.165) is 25.7 Å². The van der Waals surface area contributed by atoms with Crippen LogP contribution in [-0.2, 0) is 14.8 Å². The maximum absolute atomic E-state index is 12.7. The summed E-state index contributed by atoms with van der Waals surface area (Å²) < 4.78 is 26.9. The Bertz CT molecular complexity index is 761. The van der Waals surface area contributed by atoms with E-state index in [1.165, 1.54) is 22.5 Å². The second kappa shape index (κ2) is 9.34. The minimum atomic E-state index is -3.66. The first-order valence-electron chi connectivity index (χ1n) is 8.71. The van der Waals surface area contributed by atoms with E-state index in [1.54, 1.807) is 0 Å². The van der Waals surface area contributed by atoms with Crippen LogP contribution in [-0.4, -0.2) is 50.7 Å². The van der Waals surface area contributed by atoms with Crippen molar-refractivity contribution in [3.63, 3.8) is 0 Å². The summed E-state index contributed by atoms with van der Waals surface area (Å²) in [6, 6.07) is 4.06. The van der Waals surface area contributed by atoms with Gasteiger partial charge in [-0.2, -0.15) is 4.31 Å². The standard InChI is InChI=1S/C17H24ClN3O4S/c1-2-8-19-16(22)12-20-17(23)14-11-13(6-7-15(14)18)26(24,25)21-9-4-3-5-10-21/h6-7,11H,2-5,8-10,12H2,1H3,(H,19,22)(H,20,23). The summed E-state index contributed by atoms with van der Waals surface area (Å²) in [6.45, 7) is 3.21. The molecule has 0 spiro atoms. The predicted molar refractivity (Wildman–Crippen MR) is 99.7 cm³/mol. The number of carbonyl (C=O) groups is 2. The zero-order valence-corrected chi connectivity index (χ0v) is 16.3. The third kappa shape index (κ3) is 5.18. The second-order valence-corrected chi connectivity index (χ2v) is 8.48. The molecule has 0 atom stereocenters. The van der Waals surface area contributed by atoms with Crippen LogP contribution in [0.25, 0.3) is 0 Å². The fourth-order valence-electron chi connectivity index (χ4n) is 2.68. The van der Waals surface area contributed by atoms with Gasteiger partial charge in [-0.3, -0.25) is 9.59 Å². The Morgan fingerprint density at radius 2 is 1.85 bits per heavy atom. The number of rotatable bonds is 7. The number of hydrogen-bond donors (Lipinski definition) is 2. The Morgan fingerprint density at radius 3 is 2.50 bits per heavy atom. The van der Waals surface area contributed by atoms with Gasteiger partial charge in [0.2, 0.25) is 15.9 Å². The summed E-state index contributed by atoms with van der Waals surface area (Å²) in [5.41, 5.74) is 0.0352. The number of nitrogens with one attached hydrogen (secondary N) is 2. The lowest BCUT2D eigenvalue weighted by atomic mass is 10.2. The van der Waals surface area contributed by atoms with Crippen molar-refractivity contribution in [1.82, 2.24) is 14.9 Å². The highest BCUT2D eigenvalue weighted by molar-refractivity contribution is 7.89. The van der Waals surface area contributed by atoms with Crippen molar-refractivity contribution in [1.29, 1.82) is 0 Å².